The van der Waals surface area contributed by atoms with E-state index in [1.807, 2.05) is 12.1 Å². The summed E-state index contributed by atoms with van der Waals surface area (Å²) in [6.07, 6.45) is 2.62. The van der Waals surface area contributed by atoms with E-state index in [0.717, 1.165) is 32.4 Å². The van der Waals surface area contributed by atoms with Gasteiger partial charge >= 0.3 is 5.97 Å². The summed E-state index contributed by atoms with van der Waals surface area (Å²) in [5, 5.41) is 0. The first-order valence-corrected chi connectivity index (χ1v) is 9.07. The molecule has 3 rings (SSSR count). The molecule has 0 N–H and O–H groups in total. The molecule has 1 fully saturated rings. The Morgan fingerprint density at radius 1 is 1.00 bits per heavy atom. The van der Waals surface area contributed by atoms with Gasteiger partial charge in [0.25, 0.3) is 0 Å². The Hall–Kier alpha value is -2.13. The molecule has 0 atom stereocenters. The van der Waals surface area contributed by atoms with Crippen LogP contribution in [0.3, 0.4) is 0 Å². The Labute approximate surface area is 150 Å². The van der Waals surface area contributed by atoms with E-state index in [0.29, 0.717) is 6.04 Å². The second kappa shape index (κ2) is 7.83. The summed E-state index contributed by atoms with van der Waals surface area (Å²) in [4.78, 5) is 14.7. The highest BCUT2D eigenvalue weighted by Crippen LogP contribution is 2.48. The summed E-state index contributed by atoms with van der Waals surface area (Å²) in [5.41, 5.74) is 2.33. The molecule has 0 radical (unpaired) electrons. The highest BCUT2D eigenvalue weighted by Gasteiger charge is 2.51. The van der Waals surface area contributed by atoms with Crippen molar-refractivity contribution in [3.05, 3.63) is 71.8 Å². The molecule has 0 unspecified atom stereocenters. The summed E-state index contributed by atoms with van der Waals surface area (Å²) in [5.74, 6) is -0.0503. The van der Waals surface area contributed by atoms with Crippen LogP contribution in [0.4, 0.5) is 0 Å². The maximum Gasteiger partial charge on any atom is 0.311 e. The highest BCUT2D eigenvalue weighted by molar-refractivity contribution is 5.78. The van der Waals surface area contributed by atoms with Crippen LogP contribution in [-0.4, -0.2) is 24.0 Å². The average molecular weight is 337 g/mol. The molecule has 25 heavy (non-hydrogen) atoms. The fourth-order valence-electron chi connectivity index (χ4n) is 3.87. The van der Waals surface area contributed by atoms with Crippen LogP contribution in [0.25, 0.3) is 0 Å². The predicted molar refractivity (Wildman–Crippen MR) is 99.9 cm³/mol. The molecule has 1 aliphatic rings. The molecule has 1 saturated carbocycles. The Kier molecular flexibility index (Phi) is 5.54. The van der Waals surface area contributed by atoms with Gasteiger partial charge in [-0.05, 0) is 30.4 Å². The molecule has 0 amide bonds. The van der Waals surface area contributed by atoms with Gasteiger partial charge in [0.1, 0.15) is 0 Å². The number of benzene rings is 2. The van der Waals surface area contributed by atoms with Crippen molar-refractivity contribution in [2.75, 3.05) is 7.11 Å². The van der Waals surface area contributed by atoms with Crippen molar-refractivity contribution < 1.29 is 9.53 Å². The maximum atomic E-state index is 12.2. The molecular weight excluding hydrogens is 310 g/mol. The molecule has 132 valence electrons. The molecule has 0 aliphatic heterocycles. The minimum absolute atomic E-state index is 0.0503. The van der Waals surface area contributed by atoms with Gasteiger partial charge in [0, 0.05) is 19.1 Å². The van der Waals surface area contributed by atoms with Crippen molar-refractivity contribution in [1.29, 1.82) is 0 Å². The van der Waals surface area contributed by atoms with Crippen LogP contribution in [0.2, 0.25) is 0 Å². The average Bonchev–Trinajstić information content (AvgIpc) is 2.62. The lowest BCUT2D eigenvalue weighted by Gasteiger charge is -2.49. The zero-order valence-electron chi connectivity index (χ0n) is 15.2. The fraction of sp³-hybridized carbons (Fsp3) is 0.409. The van der Waals surface area contributed by atoms with Gasteiger partial charge in [-0.1, -0.05) is 67.6 Å². The van der Waals surface area contributed by atoms with Crippen LogP contribution >= 0.6 is 0 Å². The topological polar surface area (TPSA) is 29.5 Å². The van der Waals surface area contributed by atoms with Crippen molar-refractivity contribution in [2.45, 2.75) is 45.3 Å². The minimum atomic E-state index is -0.287. The number of carbonyl (C=O) groups excluding carboxylic acids is 1. The van der Waals surface area contributed by atoms with Gasteiger partial charge in [-0.3, -0.25) is 9.69 Å². The number of esters is 1. The summed E-state index contributed by atoms with van der Waals surface area (Å²) in [6, 6.07) is 21.5. The molecule has 2 aromatic rings. The van der Waals surface area contributed by atoms with Crippen LogP contribution in [0.15, 0.2) is 60.7 Å². The first-order valence-electron chi connectivity index (χ1n) is 9.07. The monoisotopic (exact) mass is 337 g/mol. The van der Waals surface area contributed by atoms with E-state index in [1.54, 1.807) is 0 Å². The summed E-state index contributed by atoms with van der Waals surface area (Å²) in [6.45, 7) is 3.90. The van der Waals surface area contributed by atoms with E-state index >= 15 is 0 Å². The first-order chi connectivity index (χ1) is 12.2. The molecule has 0 saturated heterocycles. The van der Waals surface area contributed by atoms with Crippen LogP contribution in [0.1, 0.15) is 37.3 Å². The fourth-order valence-corrected chi connectivity index (χ4v) is 3.87. The molecule has 3 nitrogen and oxygen atoms in total. The molecule has 0 aromatic heterocycles. The summed E-state index contributed by atoms with van der Waals surface area (Å²) >= 11 is 0. The van der Waals surface area contributed by atoms with Gasteiger partial charge in [0.15, 0.2) is 0 Å². The van der Waals surface area contributed by atoms with Crippen LogP contribution in [-0.2, 0) is 22.6 Å². The van der Waals surface area contributed by atoms with E-state index in [4.69, 9.17) is 4.74 Å². The number of rotatable bonds is 7. The zero-order chi connectivity index (χ0) is 17.7. The Morgan fingerprint density at radius 3 is 1.88 bits per heavy atom. The molecule has 1 aliphatic carbocycles. The van der Waals surface area contributed by atoms with Gasteiger partial charge in [-0.15, -0.1) is 0 Å². The Balaban J connectivity index is 1.74. The van der Waals surface area contributed by atoms with Crippen molar-refractivity contribution in [3.63, 3.8) is 0 Å². The molecular formula is C22H27NO2. The molecule has 2 aromatic carbocycles. The number of ether oxygens (including phenoxy) is 1. The maximum absolute atomic E-state index is 12.2. The van der Waals surface area contributed by atoms with E-state index in [-0.39, 0.29) is 11.4 Å². The van der Waals surface area contributed by atoms with Gasteiger partial charge < -0.3 is 4.74 Å². The number of methoxy groups -OCH3 is 1. The smallest absolute Gasteiger partial charge is 0.311 e. The SMILES string of the molecule is CCC1(C(=O)OC)CC(N(Cc2ccccc2)Cc2ccccc2)C1. The molecule has 0 spiro atoms. The van der Waals surface area contributed by atoms with Crippen LogP contribution in [0, 0.1) is 5.41 Å². The quantitative estimate of drug-likeness (QED) is 0.701. The summed E-state index contributed by atoms with van der Waals surface area (Å²) in [7, 11) is 1.50. The second-order valence-electron chi connectivity index (χ2n) is 7.06. The van der Waals surface area contributed by atoms with E-state index in [9.17, 15) is 4.79 Å². The molecule has 3 heteroatoms. The summed E-state index contributed by atoms with van der Waals surface area (Å²) < 4.78 is 5.06. The highest BCUT2D eigenvalue weighted by atomic mass is 16.5. The van der Waals surface area contributed by atoms with Crippen LogP contribution in [0.5, 0.6) is 0 Å². The third-order valence-electron chi connectivity index (χ3n) is 5.52. The van der Waals surface area contributed by atoms with E-state index in [2.05, 4.69) is 60.4 Å². The van der Waals surface area contributed by atoms with E-state index < -0.39 is 0 Å². The molecule has 0 heterocycles. The third kappa shape index (κ3) is 3.93. The first kappa shape index (κ1) is 17.7. The second-order valence-corrected chi connectivity index (χ2v) is 7.06. The van der Waals surface area contributed by atoms with Gasteiger partial charge in [-0.2, -0.15) is 0 Å². The van der Waals surface area contributed by atoms with Crippen molar-refractivity contribution in [1.82, 2.24) is 4.90 Å². The third-order valence-corrected chi connectivity index (χ3v) is 5.52. The van der Waals surface area contributed by atoms with Crippen molar-refractivity contribution >= 4 is 5.97 Å². The van der Waals surface area contributed by atoms with Crippen LogP contribution < -0.4 is 0 Å². The van der Waals surface area contributed by atoms with Gasteiger partial charge in [0.2, 0.25) is 0 Å². The zero-order valence-corrected chi connectivity index (χ0v) is 15.2. The largest absolute Gasteiger partial charge is 0.469 e. The Morgan fingerprint density at radius 2 is 1.48 bits per heavy atom. The van der Waals surface area contributed by atoms with Gasteiger partial charge in [-0.25, -0.2) is 0 Å². The number of nitrogens with zero attached hydrogens (tertiary/aromatic N) is 1. The van der Waals surface area contributed by atoms with E-state index in [1.165, 1.54) is 18.2 Å². The molecule has 0 bridgehead atoms. The van der Waals surface area contributed by atoms with Crippen molar-refractivity contribution in [2.24, 2.45) is 5.41 Å². The lowest BCUT2D eigenvalue weighted by atomic mass is 9.63. The predicted octanol–water partition coefficient (Wildman–Crippen LogP) is 4.42. The minimum Gasteiger partial charge on any atom is -0.469 e. The lowest BCUT2D eigenvalue weighted by Crippen LogP contribution is -2.54. The number of hydrogen-bond donors (Lipinski definition) is 0. The lowest BCUT2D eigenvalue weighted by molar-refractivity contribution is -0.164. The standard InChI is InChI=1S/C22H27NO2/c1-3-22(21(24)25-2)14-20(15-22)23(16-18-10-6-4-7-11-18)17-19-12-8-5-9-13-19/h4-13,20H,3,14-17H2,1-2H3. The van der Waals surface area contributed by atoms with Gasteiger partial charge in [0.05, 0.1) is 12.5 Å². The number of carbonyl (C=O) groups is 1. The number of hydrogen-bond acceptors (Lipinski definition) is 3. The normalized spacial score (nSPS) is 22.4. The van der Waals surface area contributed by atoms with Crippen molar-refractivity contribution in [3.8, 4) is 0 Å². The Bertz CT molecular complexity index is 636.